The van der Waals surface area contributed by atoms with E-state index in [2.05, 4.69) is 15.5 Å². The van der Waals surface area contributed by atoms with Crippen LogP contribution in [0.3, 0.4) is 0 Å². The molecular weight excluding hydrogens is 419 g/mol. The summed E-state index contributed by atoms with van der Waals surface area (Å²) in [6.07, 6.45) is 4.58. The first kappa shape index (κ1) is 21.7. The molecule has 3 N–H and O–H groups in total. The van der Waals surface area contributed by atoms with Gasteiger partial charge in [-0.15, -0.1) is 0 Å². The van der Waals surface area contributed by atoms with Crippen LogP contribution in [0.25, 0.3) is 5.69 Å². The lowest BCUT2D eigenvalue weighted by Gasteiger charge is -2.32. The molecule has 2 atom stereocenters. The molecule has 1 aromatic heterocycles. The molecule has 32 heavy (non-hydrogen) atoms. The Morgan fingerprint density at radius 2 is 1.88 bits per heavy atom. The lowest BCUT2D eigenvalue weighted by Crippen LogP contribution is -2.52. The highest BCUT2D eigenvalue weighted by Gasteiger charge is 2.46. The third-order valence-corrected chi connectivity index (χ3v) is 5.48. The topological polar surface area (TPSA) is 119 Å². The smallest absolute Gasteiger partial charge is 0.326 e. The van der Waals surface area contributed by atoms with Crippen molar-refractivity contribution in [2.24, 2.45) is 5.92 Å². The molecule has 1 saturated carbocycles. The summed E-state index contributed by atoms with van der Waals surface area (Å²) >= 11 is 0. The number of benzene rings is 2. The number of rotatable bonds is 7. The largest absolute Gasteiger partial charge is 0.496 e. The SMILES string of the molecule is COc1cccc(-n2nccn2)c1C(=O)NC1CCC[C@@H]1C(O)(O)Oc1ccc(F)cc1. The number of carbonyl (C=O) groups is 1. The fourth-order valence-electron chi connectivity index (χ4n) is 4.00. The molecule has 0 aliphatic heterocycles. The van der Waals surface area contributed by atoms with Gasteiger partial charge in [0.05, 0.1) is 25.4 Å². The molecule has 0 bridgehead atoms. The van der Waals surface area contributed by atoms with Gasteiger partial charge in [-0.3, -0.25) is 4.79 Å². The number of halogens is 1. The van der Waals surface area contributed by atoms with Crippen molar-refractivity contribution in [2.75, 3.05) is 7.11 Å². The standard InChI is InChI=1S/C22H23FN4O5/c1-31-19-7-3-6-18(27-24-12-13-25-27)20(19)21(28)26-17-5-2-4-16(17)22(29,30)32-15-10-8-14(23)9-11-15/h3,6-13,16-17,29-30H,2,4-5H2,1H3,(H,26,28)/t16-,17?/m0/s1. The van der Waals surface area contributed by atoms with Gasteiger partial charge in [-0.2, -0.15) is 15.0 Å². The van der Waals surface area contributed by atoms with Crippen LogP contribution in [-0.2, 0) is 0 Å². The van der Waals surface area contributed by atoms with Crippen LogP contribution < -0.4 is 14.8 Å². The van der Waals surface area contributed by atoms with Gasteiger partial charge in [-0.05, 0) is 49.2 Å². The van der Waals surface area contributed by atoms with Gasteiger partial charge in [0.15, 0.2) is 0 Å². The third-order valence-electron chi connectivity index (χ3n) is 5.48. The summed E-state index contributed by atoms with van der Waals surface area (Å²) in [4.78, 5) is 14.6. The summed E-state index contributed by atoms with van der Waals surface area (Å²) in [5.41, 5.74) is 0.640. The van der Waals surface area contributed by atoms with Crippen LogP contribution in [0.1, 0.15) is 29.6 Å². The average molecular weight is 442 g/mol. The summed E-state index contributed by atoms with van der Waals surface area (Å²) in [7, 11) is 1.45. The van der Waals surface area contributed by atoms with Gasteiger partial charge >= 0.3 is 5.97 Å². The predicted molar refractivity (Wildman–Crippen MR) is 111 cm³/mol. The average Bonchev–Trinajstić information content (AvgIpc) is 3.47. The van der Waals surface area contributed by atoms with E-state index in [-0.39, 0.29) is 11.3 Å². The van der Waals surface area contributed by atoms with E-state index in [1.165, 1.54) is 36.4 Å². The number of methoxy groups -OCH3 is 1. The van der Waals surface area contributed by atoms with Gasteiger partial charge in [0.25, 0.3) is 5.91 Å². The molecule has 1 amide bonds. The summed E-state index contributed by atoms with van der Waals surface area (Å²) in [5, 5.41) is 32.3. The Hall–Kier alpha value is -3.50. The van der Waals surface area contributed by atoms with E-state index < -0.39 is 29.7 Å². The molecule has 9 nitrogen and oxygen atoms in total. The van der Waals surface area contributed by atoms with Gasteiger partial charge in [-0.1, -0.05) is 12.5 Å². The monoisotopic (exact) mass is 442 g/mol. The quantitative estimate of drug-likeness (QED) is 0.479. The van der Waals surface area contributed by atoms with Gasteiger partial charge < -0.3 is 25.0 Å². The molecular formula is C22H23FN4O5. The minimum Gasteiger partial charge on any atom is -0.496 e. The van der Waals surface area contributed by atoms with E-state index in [1.54, 1.807) is 18.2 Å². The molecule has 2 aromatic carbocycles. The molecule has 1 fully saturated rings. The van der Waals surface area contributed by atoms with Crippen molar-refractivity contribution in [2.45, 2.75) is 31.3 Å². The first-order valence-electron chi connectivity index (χ1n) is 10.1. The minimum absolute atomic E-state index is 0.102. The van der Waals surface area contributed by atoms with Gasteiger partial charge in [-0.25, -0.2) is 4.39 Å². The van der Waals surface area contributed by atoms with Gasteiger partial charge in [0.1, 0.15) is 28.6 Å². The maximum atomic E-state index is 13.3. The molecule has 168 valence electrons. The summed E-state index contributed by atoms with van der Waals surface area (Å²) in [6, 6.07) is 9.39. The van der Waals surface area contributed by atoms with Crippen LogP contribution in [-0.4, -0.2) is 50.2 Å². The number of carbonyl (C=O) groups excluding carboxylic acids is 1. The van der Waals surface area contributed by atoms with E-state index >= 15 is 0 Å². The summed E-state index contributed by atoms with van der Waals surface area (Å²) < 4.78 is 23.8. The van der Waals surface area contributed by atoms with E-state index in [0.717, 1.165) is 12.1 Å². The van der Waals surface area contributed by atoms with Crippen molar-refractivity contribution < 1.29 is 28.9 Å². The second kappa shape index (κ2) is 8.93. The molecule has 1 unspecified atom stereocenters. The van der Waals surface area contributed by atoms with Crippen molar-refractivity contribution in [1.29, 1.82) is 0 Å². The fourth-order valence-corrected chi connectivity index (χ4v) is 4.00. The number of aromatic nitrogens is 3. The number of hydrogen-bond donors (Lipinski definition) is 3. The number of ether oxygens (including phenoxy) is 2. The highest BCUT2D eigenvalue weighted by atomic mass is 19.1. The van der Waals surface area contributed by atoms with E-state index in [9.17, 15) is 19.4 Å². The summed E-state index contributed by atoms with van der Waals surface area (Å²) in [5.74, 6) is -3.87. The van der Waals surface area contributed by atoms with Crippen LogP contribution >= 0.6 is 0 Å². The van der Waals surface area contributed by atoms with Crippen LogP contribution in [0.4, 0.5) is 4.39 Å². The maximum absolute atomic E-state index is 13.3. The van der Waals surface area contributed by atoms with Crippen LogP contribution in [0.5, 0.6) is 11.5 Å². The lowest BCUT2D eigenvalue weighted by molar-refractivity contribution is -0.324. The fraction of sp³-hybridized carbons (Fsp3) is 0.318. The number of nitrogens with one attached hydrogen (secondary N) is 1. The number of amides is 1. The van der Waals surface area contributed by atoms with Crippen molar-refractivity contribution in [3.8, 4) is 17.2 Å². The van der Waals surface area contributed by atoms with Crippen LogP contribution in [0.2, 0.25) is 0 Å². The van der Waals surface area contributed by atoms with Crippen molar-refractivity contribution in [3.05, 3.63) is 66.2 Å². The highest BCUT2D eigenvalue weighted by molar-refractivity contribution is 6.00. The van der Waals surface area contributed by atoms with E-state index in [1.807, 2.05) is 0 Å². The Kier molecular flexibility index (Phi) is 6.06. The molecule has 10 heteroatoms. The van der Waals surface area contributed by atoms with E-state index in [0.29, 0.717) is 30.7 Å². The number of hydrogen-bond acceptors (Lipinski definition) is 7. The molecule has 0 spiro atoms. The van der Waals surface area contributed by atoms with Crippen LogP contribution in [0.15, 0.2) is 54.9 Å². The number of nitrogens with zero attached hydrogens (tertiary/aromatic N) is 3. The minimum atomic E-state index is -2.56. The van der Waals surface area contributed by atoms with Crippen LogP contribution in [0, 0.1) is 11.7 Å². The molecule has 1 heterocycles. The Morgan fingerprint density at radius 1 is 1.16 bits per heavy atom. The number of aliphatic hydroxyl groups is 2. The summed E-state index contributed by atoms with van der Waals surface area (Å²) in [6.45, 7) is 0. The molecule has 4 rings (SSSR count). The molecule has 1 aliphatic rings. The maximum Gasteiger partial charge on any atom is 0.326 e. The zero-order valence-electron chi connectivity index (χ0n) is 17.3. The normalized spacial score (nSPS) is 18.4. The van der Waals surface area contributed by atoms with E-state index in [4.69, 9.17) is 9.47 Å². The Balaban J connectivity index is 1.56. The first-order chi connectivity index (χ1) is 15.4. The Labute approximate surface area is 183 Å². The van der Waals surface area contributed by atoms with Crippen molar-refractivity contribution in [3.63, 3.8) is 0 Å². The molecule has 0 saturated heterocycles. The van der Waals surface area contributed by atoms with Crippen molar-refractivity contribution in [1.82, 2.24) is 20.3 Å². The third kappa shape index (κ3) is 4.41. The highest BCUT2D eigenvalue weighted by Crippen LogP contribution is 2.35. The first-order valence-corrected chi connectivity index (χ1v) is 10.1. The lowest BCUT2D eigenvalue weighted by atomic mass is 9.99. The Bertz CT molecular complexity index is 1070. The van der Waals surface area contributed by atoms with Crippen molar-refractivity contribution >= 4 is 5.91 Å². The van der Waals surface area contributed by atoms with Gasteiger partial charge in [0.2, 0.25) is 0 Å². The second-order valence-corrected chi connectivity index (χ2v) is 7.50. The predicted octanol–water partition coefficient (Wildman–Crippen LogP) is 2.03. The Morgan fingerprint density at radius 3 is 2.56 bits per heavy atom. The van der Waals surface area contributed by atoms with Gasteiger partial charge in [0, 0.05) is 6.04 Å². The zero-order chi connectivity index (χ0) is 22.7. The zero-order valence-corrected chi connectivity index (χ0v) is 17.3. The molecule has 1 aliphatic carbocycles. The molecule has 3 aromatic rings. The molecule has 0 radical (unpaired) electrons. The second-order valence-electron chi connectivity index (χ2n) is 7.50.